The molecule has 0 unspecified atom stereocenters. The van der Waals surface area contributed by atoms with E-state index in [9.17, 15) is 14.4 Å². The Balaban J connectivity index is 1.84. The zero-order valence-corrected chi connectivity index (χ0v) is 10.9. The van der Waals surface area contributed by atoms with Crippen LogP contribution in [-0.2, 0) is 4.84 Å². The fourth-order valence-electron chi connectivity index (χ4n) is 2.59. The summed E-state index contributed by atoms with van der Waals surface area (Å²) < 4.78 is 0. The van der Waals surface area contributed by atoms with Crippen LogP contribution in [0.4, 0.5) is 4.79 Å². The van der Waals surface area contributed by atoms with E-state index in [-0.39, 0.29) is 0 Å². The fraction of sp³-hybridized carbons (Fsp3) is 0.214. The summed E-state index contributed by atoms with van der Waals surface area (Å²) in [5, 5.41) is 8.57. The number of carbonyl (C=O) groups is 3. The summed E-state index contributed by atoms with van der Waals surface area (Å²) in [6.07, 6.45) is 1.89. The normalized spacial score (nSPS) is 23.5. The third kappa shape index (κ3) is 2.17. The lowest BCUT2D eigenvalue weighted by Gasteiger charge is -2.26. The van der Waals surface area contributed by atoms with Crippen molar-refractivity contribution in [2.24, 2.45) is 0 Å². The van der Waals surface area contributed by atoms with E-state index in [0.29, 0.717) is 17.5 Å². The second-order valence-corrected chi connectivity index (χ2v) is 4.74. The lowest BCUT2D eigenvalue weighted by Crippen LogP contribution is -2.46. The number of carboxylic acid groups (broad SMARTS) is 1. The third-order valence-corrected chi connectivity index (χ3v) is 3.50. The topological polar surface area (TPSA) is 95.9 Å². The number of nitrogens with zero attached hydrogens (tertiary/aromatic N) is 1. The molecule has 0 spiro atoms. The quantitative estimate of drug-likeness (QED) is 0.494. The molecular formula is C14H12N2O5. The molecule has 1 aromatic carbocycles. The average molecular weight is 288 g/mol. The van der Waals surface area contributed by atoms with Crippen molar-refractivity contribution in [1.82, 2.24) is 10.4 Å². The molecule has 1 heterocycles. The van der Waals surface area contributed by atoms with Crippen molar-refractivity contribution in [1.29, 1.82) is 0 Å². The van der Waals surface area contributed by atoms with Gasteiger partial charge in [-0.25, -0.2) is 4.79 Å². The van der Waals surface area contributed by atoms with E-state index in [0.717, 1.165) is 4.90 Å². The van der Waals surface area contributed by atoms with E-state index in [4.69, 9.17) is 9.94 Å². The number of imide groups is 1. The van der Waals surface area contributed by atoms with Crippen molar-refractivity contribution in [3.8, 4) is 0 Å². The largest absolute Gasteiger partial charge is 0.464 e. The van der Waals surface area contributed by atoms with Gasteiger partial charge in [-0.15, -0.1) is 0 Å². The molecule has 0 radical (unpaired) electrons. The summed E-state index contributed by atoms with van der Waals surface area (Å²) in [4.78, 5) is 41.3. The van der Waals surface area contributed by atoms with Crippen LogP contribution in [0.2, 0.25) is 0 Å². The highest BCUT2D eigenvalue weighted by Crippen LogP contribution is 2.29. The molecular weight excluding hydrogens is 276 g/mol. The zero-order valence-electron chi connectivity index (χ0n) is 10.9. The lowest BCUT2D eigenvalue weighted by molar-refractivity contribution is -0.0344. The van der Waals surface area contributed by atoms with Gasteiger partial charge in [-0.1, -0.05) is 24.3 Å². The predicted octanol–water partition coefficient (Wildman–Crippen LogP) is 1.18. The van der Waals surface area contributed by atoms with Crippen LogP contribution in [0.15, 0.2) is 36.4 Å². The first-order chi connectivity index (χ1) is 10.1. The monoisotopic (exact) mass is 288 g/mol. The van der Waals surface area contributed by atoms with E-state index < -0.39 is 30.1 Å². The van der Waals surface area contributed by atoms with E-state index in [1.165, 1.54) is 0 Å². The van der Waals surface area contributed by atoms with Gasteiger partial charge in [-0.05, 0) is 18.6 Å². The number of fused-ring (bicyclic) bond motifs is 1. The highest BCUT2D eigenvalue weighted by Gasteiger charge is 2.43. The average Bonchev–Trinajstić information content (AvgIpc) is 3.01. The Kier molecular flexibility index (Phi) is 3.19. The molecule has 2 aliphatic rings. The Bertz CT molecular complexity index is 620. The molecule has 0 fully saturated rings. The number of benzene rings is 1. The molecule has 3 rings (SSSR count). The van der Waals surface area contributed by atoms with Crippen LogP contribution < -0.4 is 5.48 Å². The lowest BCUT2D eigenvalue weighted by atomic mass is 10.1. The van der Waals surface area contributed by atoms with Gasteiger partial charge in [-0.3, -0.25) is 19.3 Å². The number of hydroxylamine groups is 1. The van der Waals surface area contributed by atoms with Crippen molar-refractivity contribution in [2.45, 2.75) is 18.6 Å². The standard InChI is InChI=1S/C14H12N2O5/c17-12-8-4-1-2-5-9(8)13(18)16(12)10-6-3-7-11(10)21-15-14(19)20/h1-6,10-11,15H,7H2,(H,19,20)/t10-,11+/m0/s1. The minimum absolute atomic E-state index is 0.354. The summed E-state index contributed by atoms with van der Waals surface area (Å²) in [6, 6.07) is 5.96. The Morgan fingerprint density at radius 3 is 2.43 bits per heavy atom. The van der Waals surface area contributed by atoms with E-state index in [2.05, 4.69) is 0 Å². The fourth-order valence-corrected chi connectivity index (χ4v) is 2.59. The molecule has 1 aliphatic heterocycles. The van der Waals surface area contributed by atoms with Crippen LogP contribution in [0.1, 0.15) is 27.1 Å². The van der Waals surface area contributed by atoms with Gasteiger partial charge < -0.3 is 5.11 Å². The van der Waals surface area contributed by atoms with Gasteiger partial charge in [0.05, 0.1) is 17.2 Å². The number of nitrogens with one attached hydrogen (secondary N) is 1. The second kappa shape index (κ2) is 5.02. The van der Waals surface area contributed by atoms with E-state index in [1.807, 2.05) is 5.48 Å². The van der Waals surface area contributed by atoms with Crippen LogP contribution >= 0.6 is 0 Å². The number of hydrogen-bond acceptors (Lipinski definition) is 4. The Morgan fingerprint density at radius 1 is 1.24 bits per heavy atom. The summed E-state index contributed by atoms with van der Waals surface area (Å²) in [5.41, 5.74) is 2.53. The van der Waals surface area contributed by atoms with Crippen LogP contribution in [0.5, 0.6) is 0 Å². The molecule has 1 aliphatic carbocycles. The van der Waals surface area contributed by atoms with Gasteiger partial charge in [0.1, 0.15) is 6.10 Å². The molecule has 0 saturated carbocycles. The molecule has 0 aromatic heterocycles. The van der Waals surface area contributed by atoms with Gasteiger partial charge in [-0.2, -0.15) is 5.48 Å². The molecule has 0 bridgehead atoms. The maximum atomic E-state index is 12.4. The highest BCUT2D eigenvalue weighted by molar-refractivity contribution is 6.21. The van der Waals surface area contributed by atoms with Crippen molar-refractivity contribution >= 4 is 17.9 Å². The number of rotatable bonds is 3. The first-order valence-corrected chi connectivity index (χ1v) is 6.38. The van der Waals surface area contributed by atoms with Crippen LogP contribution in [0.25, 0.3) is 0 Å². The second-order valence-electron chi connectivity index (χ2n) is 4.74. The van der Waals surface area contributed by atoms with Gasteiger partial charge in [0, 0.05) is 0 Å². The molecule has 108 valence electrons. The minimum Gasteiger partial charge on any atom is -0.464 e. The number of hydrogen-bond donors (Lipinski definition) is 2. The molecule has 1 aromatic rings. The SMILES string of the molecule is O=C(O)NO[C@@H]1CC=C[C@@H]1N1C(=O)c2ccccc2C1=O. The van der Waals surface area contributed by atoms with Gasteiger partial charge >= 0.3 is 6.09 Å². The van der Waals surface area contributed by atoms with Crippen molar-refractivity contribution < 1.29 is 24.3 Å². The molecule has 0 saturated heterocycles. The van der Waals surface area contributed by atoms with E-state index in [1.54, 1.807) is 36.4 Å². The van der Waals surface area contributed by atoms with Crippen LogP contribution in [0.3, 0.4) is 0 Å². The number of carbonyl (C=O) groups excluding carboxylic acids is 2. The molecule has 2 atom stereocenters. The van der Waals surface area contributed by atoms with Gasteiger partial charge in [0.15, 0.2) is 0 Å². The van der Waals surface area contributed by atoms with Gasteiger partial charge in [0.25, 0.3) is 11.8 Å². The number of amides is 3. The first kappa shape index (κ1) is 13.3. The molecule has 2 N–H and O–H groups in total. The third-order valence-electron chi connectivity index (χ3n) is 3.50. The summed E-state index contributed by atoms with van der Waals surface area (Å²) in [7, 11) is 0. The van der Waals surface area contributed by atoms with Crippen LogP contribution in [-0.4, -0.2) is 40.1 Å². The molecule has 21 heavy (non-hydrogen) atoms. The molecule has 3 amide bonds. The predicted molar refractivity (Wildman–Crippen MR) is 70.5 cm³/mol. The summed E-state index contributed by atoms with van der Waals surface area (Å²) >= 11 is 0. The van der Waals surface area contributed by atoms with Crippen LogP contribution in [0, 0.1) is 0 Å². The van der Waals surface area contributed by atoms with Crippen molar-refractivity contribution in [2.75, 3.05) is 0 Å². The van der Waals surface area contributed by atoms with E-state index >= 15 is 0 Å². The summed E-state index contributed by atoms with van der Waals surface area (Å²) in [5.74, 6) is -0.785. The first-order valence-electron chi connectivity index (χ1n) is 6.38. The zero-order chi connectivity index (χ0) is 15.0. The summed E-state index contributed by atoms with van der Waals surface area (Å²) in [6.45, 7) is 0. The smallest absolute Gasteiger partial charge is 0.428 e. The van der Waals surface area contributed by atoms with Gasteiger partial charge in [0.2, 0.25) is 0 Å². The maximum Gasteiger partial charge on any atom is 0.428 e. The minimum atomic E-state index is -1.33. The Labute approximate surface area is 119 Å². The molecule has 7 nitrogen and oxygen atoms in total. The highest BCUT2D eigenvalue weighted by atomic mass is 16.7. The van der Waals surface area contributed by atoms with Crippen molar-refractivity contribution in [3.63, 3.8) is 0 Å². The Morgan fingerprint density at radius 2 is 1.86 bits per heavy atom. The Hall–Kier alpha value is -2.67. The van der Waals surface area contributed by atoms with Crippen molar-refractivity contribution in [3.05, 3.63) is 47.5 Å². The maximum absolute atomic E-state index is 12.4. The molecule has 7 heteroatoms.